The standard InChI is InChI=1S/C11H17F3N4O2.ClH/c1-20-7-5-15-3-4-16-10(19)8-18-6-2-9(17-18)11(12,13)14;/h2,6,15H,3-5,7-8H2,1H3,(H,16,19);1H. The highest BCUT2D eigenvalue weighted by Gasteiger charge is 2.33. The van der Waals surface area contributed by atoms with Crippen LogP contribution in [0.15, 0.2) is 12.3 Å². The van der Waals surface area contributed by atoms with E-state index < -0.39 is 17.8 Å². The minimum Gasteiger partial charge on any atom is -0.383 e. The van der Waals surface area contributed by atoms with Crippen molar-refractivity contribution in [2.45, 2.75) is 12.7 Å². The van der Waals surface area contributed by atoms with Crippen molar-refractivity contribution in [2.75, 3.05) is 33.4 Å². The van der Waals surface area contributed by atoms with Gasteiger partial charge in [-0.1, -0.05) is 0 Å². The predicted octanol–water partition coefficient (Wildman–Crippen LogP) is 0.676. The molecule has 0 saturated heterocycles. The van der Waals surface area contributed by atoms with Gasteiger partial charge in [-0.2, -0.15) is 18.3 Å². The first-order valence-electron chi connectivity index (χ1n) is 6.00. The molecule has 1 amide bonds. The number of hydrogen-bond acceptors (Lipinski definition) is 4. The minimum absolute atomic E-state index is 0. The van der Waals surface area contributed by atoms with Crippen LogP contribution in [0.3, 0.4) is 0 Å². The fourth-order valence-corrected chi connectivity index (χ4v) is 1.39. The summed E-state index contributed by atoms with van der Waals surface area (Å²) in [5, 5.41) is 8.88. The maximum atomic E-state index is 12.3. The molecule has 10 heteroatoms. The number of nitrogens with one attached hydrogen (secondary N) is 2. The van der Waals surface area contributed by atoms with Crippen LogP contribution in [-0.2, 0) is 22.3 Å². The molecule has 0 aromatic carbocycles. The lowest BCUT2D eigenvalue weighted by molar-refractivity contribution is -0.141. The third-order valence-corrected chi connectivity index (χ3v) is 2.34. The highest BCUT2D eigenvalue weighted by atomic mass is 35.5. The number of carbonyl (C=O) groups excluding carboxylic acids is 1. The first-order chi connectivity index (χ1) is 9.43. The molecule has 0 atom stereocenters. The van der Waals surface area contributed by atoms with Gasteiger partial charge in [0.25, 0.3) is 0 Å². The molecule has 0 aliphatic heterocycles. The zero-order valence-electron chi connectivity index (χ0n) is 11.4. The van der Waals surface area contributed by atoms with Crippen molar-refractivity contribution in [1.29, 1.82) is 0 Å². The summed E-state index contributed by atoms with van der Waals surface area (Å²) in [6.07, 6.45) is -3.37. The SMILES string of the molecule is COCCNCCNC(=O)Cn1ccc(C(F)(F)F)n1.Cl. The fraction of sp³-hybridized carbons (Fsp3) is 0.636. The Bertz CT molecular complexity index is 426. The van der Waals surface area contributed by atoms with Crippen LogP contribution in [0.1, 0.15) is 5.69 Å². The van der Waals surface area contributed by atoms with Gasteiger partial charge in [-0.15, -0.1) is 12.4 Å². The molecule has 0 bridgehead atoms. The normalized spacial score (nSPS) is 11.0. The number of carbonyl (C=O) groups is 1. The number of ether oxygens (including phenoxy) is 1. The number of hydrogen-bond donors (Lipinski definition) is 2. The van der Waals surface area contributed by atoms with Crippen LogP contribution in [0, 0.1) is 0 Å². The summed E-state index contributed by atoms with van der Waals surface area (Å²) < 4.78 is 42.7. The molecule has 0 fully saturated rings. The number of methoxy groups -OCH3 is 1. The van der Waals surface area contributed by atoms with E-state index in [1.807, 2.05) is 0 Å². The molecule has 2 N–H and O–H groups in total. The summed E-state index contributed by atoms with van der Waals surface area (Å²) in [7, 11) is 1.59. The van der Waals surface area contributed by atoms with Crippen molar-refractivity contribution >= 4 is 18.3 Å². The van der Waals surface area contributed by atoms with Gasteiger partial charge in [-0.05, 0) is 6.07 Å². The first kappa shape index (κ1) is 19.7. The number of rotatable bonds is 8. The van der Waals surface area contributed by atoms with Gasteiger partial charge in [0.15, 0.2) is 5.69 Å². The Morgan fingerprint density at radius 2 is 2.10 bits per heavy atom. The van der Waals surface area contributed by atoms with Crippen LogP contribution >= 0.6 is 12.4 Å². The summed E-state index contributed by atoms with van der Waals surface area (Å²) in [6, 6.07) is 0.833. The maximum absolute atomic E-state index is 12.3. The Balaban J connectivity index is 0.00000400. The third kappa shape index (κ3) is 7.88. The van der Waals surface area contributed by atoms with E-state index in [0.29, 0.717) is 26.2 Å². The van der Waals surface area contributed by atoms with Crippen LogP contribution in [0.2, 0.25) is 0 Å². The molecule has 0 aliphatic rings. The fourth-order valence-electron chi connectivity index (χ4n) is 1.39. The summed E-state index contributed by atoms with van der Waals surface area (Å²) in [5.74, 6) is -0.393. The summed E-state index contributed by atoms with van der Waals surface area (Å²) in [5.41, 5.74) is -1.01. The second-order valence-corrected chi connectivity index (χ2v) is 3.99. The summed E-state index contributed by atoms with van der Waals surface area (Å²) >= 11 is 0. The van der Waals surface area contributed by atoms with E-state index in [9.17, 15) is 18.0 Å². The smallest absolute Gasteiger partial charge is 0.383 e. The molecule has 1 aromatic heterocycles. The second-order valence-electron chi connectivity index (χ2n) is 3.99. The van der Waals surface area contributed by atoms with Gasteiger partial charge in [0.1, 0.15) is 6.54 Å². The molecule has 0 radical (unpaired) electrons. The van der Waals surface area contributed by atoms with Crippen molar-refractivity contribution in [1.82, 2.24) is 20.4 Å². The molecule has 0 spiro atoms. The monoisotopic (exact) mass is 330 g/mol. The lowest BCUT2D eigenvalue weighted by Crippen LogP contribution is -2.35. The van der Waals surface area contributed by atoms with E-state index in [1.165, 1.54) is 0 Å². The van der Waals surface area contributed by atoms with Gasteiger partial charge in [0.2, 0.25) is 5.91 Å². The van der Waals surface area contributed by atoms with Gasteiger partial charge >= 0.3 is 6.18 Å². The Kier molecular flexibility index (Phi) is 8.98. The third-order valence-electron chi connectivity index (χ3n) is 2.34. The first-order valence-corrected chi connectivity index (χ1v) is 6.00. The molecule has 0 saturated carbocycles. The average Bonchev–Trinajstić information content (AvgIpc) is 2.82. The molecule has 0 unspecified atom stereocenters. The van der Waals surface area contributed by atoms with Gasteiger partial charge in [-0.3, -0.25) is 9.48 Å². The molecular formula is C11H18ClF3N4O2. The molecule has 1 rings (SSSR count). The average molecular weight is 331 g/mol. The van der Waals surface area contributed by atoms with Crippen LogP contribution in [0.5, 0.6) is 0 Å². The quantitative estimate of drug-likeness (QED) is 0.688. The molecule has 1 heterocycles. The van der Waals surface area contributed by atoms with E-state index >= 15 is 0 Å². The van der Waals surface area contributed by atoms with Gasteiger partial charge in [0.05, 0.1) is 6.61 Å². The number of nitrogens with zero attached hydrogens (tertiary/aromatic N) is 2. The van der Waals surface area contributed by atoms with Crippen LogP contribution in [0.25, 0.3) is 0 Å². The molecule has 0 aliphatic carbocycles. The second kappa shape index (κ2) is 9.59. The van der Waals surface area contributed by atoms with E-state index in [1.54, 1.807) is 7.11 Å². The van der Waals surface area contributed by atoms with Crippen molar-refractivity contribution in [3.05, 3.63) is 18.0 Å². The van der Waals surface area contributed by atoms with Crippen molar-refractivity contribution in [2.24, 2.45) is 0 Å². The van der Waals surface area contributed by atoms with Crippen molar-refractivity contribution in [3.63, 3.8) is 0 Å². The Hall–Kier alpha value is -1.32. The van der Waals surface area contributed by atoms with Gasteiger partial charge in [0, 0.05) is 32.9 Å². The predicted molar refractivity (Wildman–Crippen MR) is 72.2 cm³/mol. The van der Waals surface area contributed by atoms with Gasteiger partial charge < -0.3 is 15.4 Å². The Morgan fingerprint density at radius 1 is 1.38 bits per heavy atom. The molecular weight excluding hydrogens is 313 g/mol. The van der Waals surface area contributed by atoms with Crippen LogP contribution in [0.4, 0.5) is 13.2 Å². The zero-order valence-corrected chi connectivity index (χ0v) is 12.3. The lowest BCUT2D eigenvalue weighted by atomic mass is 10.4. The molecule has 122 valence electrons. The van der Waals surface area contributed by atoms with Crippen LogP contribution < -0.4 is 10.6 Å². The number of alkyl halides is 3. The lowest BCUT2D eigenvalue weighted by Gasteiger charge is -2.07. The van der Waals surface area contributed by atoms with Crippen molar-refractivity contribution < 1.29 is 22.7 Å². The van der Waals surface area contributed by atoms with Crippen molar-refractivity contribution in [3.8, 4) is 0 Å². The summed E-state index contributed by atoms with van der Waals surface area (Å²) in [4.78, 5) is 11.5. The van der Waals surface area contributed by atoms with Crippen LogP contribution in [-0.4, -0.2) is 49.0 Å². The Morgan fingerprint density at radius 3 is 2.67 bits per heavy atom. The Labute approximate surface area is 126 Å². The number of aromatic nitrogens is 2. The van der Waals surface area contributed by atoms with E-state index in [4.69, 9.17) is 4.74 Å². The highest BCUT2D eigenvalue weighted by molar-refractivity contribution is 5.85. The van der Waals surface area contributed by atoms with E-state index in [-0.39, 0.29) is 19.0 Å². The van der Waals surface area contributed by atoms with Gasteiger partial charge in [-0.25, -0.2) is 0 Å². The minimum atomic E-state index is -4.49. The summed E-state index contributed by atoms with van der Waals surface area (Å²) in [6.45, 7) is 1.94. The molecule has 1 aromatic rings. The molecule has 6 nitrogen and oxygen atoms in total. The highest BCUT2D eigenvalue weighted by Crippen LogP contribution is 2.27. The topological polar surface area (TPSA) is 68.2 Å². The van der Waals surface area contributed by atoms with E-state index in [0.717, 1.165) is 16.9 Å². The van der Waals surface area contributed by atoms with E-state index in [2.05, 4.69) is 15.7 Å². The number of amides is 1. The largest absolute Gasteiger partial charge is 0.435 e. The zero-order chi connectivity index (χ0) is 15.0. The maximum Gasteiger partial charge on any atom is 0.435 e. The molecule has 21 heavy (non-hydrogen) atoms. The number of halogens is 4.